The standard InChI is InChI=1S/C40H51NO12/c1-25-32(44-4)34(53-39-37(46-6)35(51-27(3)42)33(26(2)50-39)47-23-29-13-9-7-10-14-29)36(45-5)38(49-25)52-31-19-17-28(18-20-31)21-22-41-40(43)48-24-30-15-11-8-12-16-30/h7-20,25-26,32-39H,21-24H2,1-6H3,(H,41,43)/t25-,26-,32-,33-,34+,35+,36+,37+,38-,39-/m0/s1. The van der Waals surface area contributed by atoms with Crippen molar-refractivity contribution in [3.63, 3.8) is 0 Å². The van der Waals surface area contributed by atoms with Crippen LogP contribution >= 0.6 is 0 Å². The van der Waals surface area contributed by atoms with Gasteiger partial charge in [0.1, 0.15) is 42.9 Å². The molecule has 0 radical (unpaired) electrons. The van der Waals surface area contributed by atoms with Gasteiger partial charge in [0.2, 0.25) is 6.29 Å². The summed E-state index contributed by atoms with van der Waals surface area (Å²) in [4.78, 5) is 24.4. The van der Waals surface area contributed by atoms with Crippen LogP contribution in [-0.4, -0.2) is 101 Å². The van der Waals surface area contributed by atoms with Crippen LogP contribution in [0.2, 0.25) is 0 Å². The number of esters is 1. The predicted octanol–water partition coefficient (Wildman–Crippen LogP) is 4.97. The van der Waals surface area contributed by atoms with Crippen LogP contribution in [0.4, 0.5) is 4.79 Å². The van der Waals surface area contributed by atoms with E-state index in [1.54, 1.807) is 7.11 Å². The Labute approximate surface area is 311 Å². The Morgan fingerprint density at radius 1 is 0.642 bits per heavy atom. The molecule has 2 aliphatic rings. The van der Waals surface area contributed by atoms with Gasteiger partial charge in [0, 0.05) is 34.8 Å². The highest BCUT2D eigenvalue weighted by Gasteiger charge is 2.53. The molecule has 13 nitrogen and oxygen atoms in total. The number of carbonyl (C=O) groups excluding carboxylic acids is 2. The van der Waals surface area contributed by atoms with Crippen LogP contribution < -0.4 is 10.1 Å². The Balaban J connectivity index is 1.21. The molecule has 0 saturated carbocycles. The SMILES string of the molecule is CO[C@@H]1[C@@H](O[C@@H]2O[C@@H](C)[C@H](OCc3ccccc3)[C@@H](OC(C)=O)[C@H]2OC)[C@@H](OC)[C@H](Oc2ccc(CCNC(=O)OCc3ccccc3)cc2)O[C@H]1C. The topological polar surface area (TPSA) is 138 Å². The Kier molecular flexibility index (Phi) is 15.0. The zero-order valence-corrected chi connectivity index (χ0v) is 31.1. The van der Waals surface area contributed by atoms with E-state index in [1.165, 1.54) is 21.1 Å². The number of carbonyl (C=O) groups is 2. The van der Waals surface area contributed by atoms with Crippen molar-refractivity contribution in [2.45, 2.75) is 102 Å². The molecule has 3 aromatic carbocycles. The van der Waals surface area contributed by atoms with E-state index in [4.69, 9.17) is 47.4 Å². The Bertz CT molecular complexity index is 1540. The fourth-order valence-electron chi connectivity index (χ4n) is 6.56. The molecule has 0 aliphatic carbocycles. The van der Waals surface area contributed by atoms with E-state index in [0.29, 0.717) is 18.7 Å². The van der Waals surface area contributed by atoms with Crippen molar-refractivity contribution in [1.29, 1.82) is 0 Å². The third-order valence-corrected chi connectivity index (χ3v) is 9.22. The number of hydrogen-bond donors (Lipinski definition) is 1. The molecular formula is C40H51NO12. The van der Waals surface area contributed by atoms with Gasteiger partial charge in [-0.05, 0) is 49.1 Å². The van der Waals surface area contributed by atoms with E-state index >= 15 is 0 Å². The highest BCUT2D eigenvalue weighted by Crippen LogP contribution is 2.35. The minimum absolute atomic E-state index is 0.208. The molecule has 13 heteroatoms. The van der Waals surface area contributed by atoms with Crippen LogP contribution in [0, 0.1) is 0 Å². The number of rotatable bonds is 16. The smallest absolute Gasteiger partial charge is 0.407 e. The minimum Gasteiger partial charge on any atom is -0.462 e. The maximum absolute atomic E-state index is 12.3. The molecular weight excluding hydrogens is 686 g/mol. The summed E-state index contributed by atoms with van der Waals surface area (Å²) >= 11 is 0. The van der Waals surface area contributed by atoms with E-state index in [9.17, 15) is 9.59 Å². The van der Waals surface area contributed by atoms with Crippen molar-refractivity contribution in [2.75, 3.05) is 27.9 Å². The summed E-state index contributed by atoms with van der Waals surface area (Å²) in [5, 5.41) is 2.78. The molecule has 2 aliphatic heterocycles. The average molecular weight is 738 g/mol. The zero-order valence-electron chi connectivity index (χ0n) is 31.1. The first-order valence-corrected chi connectivity index (χ1v) is 17.8. The van der Waals surface area contributed by atoms with Crippen LogP contribution in [0.3, 0.4) is 0 Å². The molecule has 10 atom stereocenters. The van der Waals surface area contributed by atoms with Crippen molar-refractivity contribution in [3.8, 4) is 5.75 Å². The van der Waals surface area contributed by atoms with Crippen LogP contribution in [0.5, 0.6) is 5.75 Å². The van der Waals surface area contributed by atoms with E-state index in [0.717, 1.165) is 16.7 Å². The second-order valence-electron chi connectivity index (χ2n) is 13.0. The number of hydrogen-bond acceptors (Lipinski definition) is 12. The van der Waals surface area contributed by atoms with Crippen LogP contribution in [0.15, 0.2) is 84.9 Å². The largest absolute Gasteiger partial charge is 0.462 e. The fourth-order valence-corrected chi connectivity index (χ4v) is 6.56. The number of nitrogens with one attached hydrogen (secondary N) is 1. The second-order valence-corrected chi connectivity index (χ2v) is 13.0. The molecule has 53 heavy (non-hydrogen) atoms. The van der Waals surface area contributed by atoms with Crippen molar-refractivity contribution in [3.05, 3.63) is 102 Å². The summed E-state index contributed by atoms with van der Waals surface area (Å²) in [6, 6.07) is 26.7. The summed E-state index contributed by atoms with van der Waals surface area (Å²) in [7, 11) is 4.61. The monoisotopic (exact) mass is 737 g/mol. The third-order valence-electron chi connectivity index (χ3n) is 9.22. The molecule has 2 saturated heterocycles. The molecule has 1 N–H and O–H groups in total. The first-order valence-electron chi connectivity index (χ1n) is 17.8. The summed E-state index contributed by atoms with van der Waals surface area (Å²) in [5.74, 6) is 0.0583. The van der Waals surface area contributed by atoms with Gasteiger partial charge in [0.05, 0.1) is 18.8 Å². The maximum Gasteiger partial charge on any atom is 0.407 e. The number of benzene rings is 3. The van der Waals surface area contributed by atoms with E-state index in [-0.39, 0.29) is 13.2 Å². The van der Waals surface area contributed by atoms with Gasteiger partial charge in [0.25, 0.3) is 0 Å². The van der Waals surface area contributed by atoms with E-state index < -0.39 is 73.5 Å². The van der Waals surface area contributed by atoms with Gasteiger partial charge >= 0.3 is 12.1 Å². The minimum atomic E-state index is -0.995. The molecule has 2 fully saturated rings. The normalized spacial score (nSPS) is 28.5. The van der Waals surface area contributed by atoms with Gasteiger partial charge < -0.3 is 52.7 Å². The van der Waals surface area contributed by atoms with Gasteiger partial charge in [-0.1, -0.05) is 72.8 Å². The van der Waals surface area contributed by atoms with Crippen LogP contribution in [0.25, 0.3) is 0 Å². The molecule has 5 rings (SSSR count). The molecule has 288 valence electrons. The summed E-state index contributed by atoms with van der Waals surface area (Å²) in [5.41, 5.74) is 2.87. The lowest BCUT2D eigenvalue weighted by Gasteiger charge is -2.48. The van der Waals surface area contributed by atoms with Gasteiger partial charge in [0.15, 0.2) is 12.4 Å². The summed E-state index contributed by atoms with van der Waals surface area (Å²) < 4.78 is 60.6. The Hall–Kier alpha value is -4.08. The number of methoxy groups -OCH3 is 3. The molecule has 1 amide bonds. The van der Waals surface area contributed by atoms with Crippen molar-refractivity contribution in [1.82, 2.24) is 5.32 Å². The van der Waals surface area contributed by atoms with E-state index in [1.807, 2.05) is 98.8 Å². The number of amides is 1. The fraction of sp³-hybridized carbons (Fsp3) is 0.500. The quantitative estimate of drug-likeness (QED) is 0.199. The maximum atomic E-state index is 12.3. The number of ether oxygens (including phenoxy) is 10. The lowest BCUT2D eigenvalue weighted by atomic mass is 9.96. The Morgan fingerprint density at radius 2 is 1.21 bits per heavy atom. The van der Waals surface area contributed by atoms with Gasteiger partial charge in [-0.25, -0.2) is 4.79 Å². The predicted molar refractivity (Wildman–Crippen MR) is 192 cm³/mol. The van der Waals surface area contributed by atoms with Crippen LogP contribution in [-0.2, 0) is 67.1 Å². The molecule has 2 heterocycles. The van der Waals surface area contributed by atoms with Crippen molar-refractivity contribution in [2.24, 2.45) is 0 Å². The highest BCUT2D eigenvalue weighted by atomic mass is 16.8. The first-order chi connectivity index (χ1) is 25.7. The van der Waals surface area contributed by atoms with E-state index in [2.05, 4.69) is 5.32 Å². The molecule has 3 aromatic rings. The second kappa shape index (κ2) is 19.8. The molecule has 0 spiro atoms. The summed E-state index contributed by atoms with van der Waals surface area (Å²) in [6.45, 7) is 5.94. The molecule has 0 bridgehead atoms. The zero-order chi connectivity index (χ0) is 37.7. The summed E-state index contributed by atoms with van der Waals surface area (Å²) in [6.07, 6.45) is -7.20. The van der Waals surface area contributed by atoms with Crippen molar-refractivity contribution >= 4 is 12.1 Å². The third kappa shape index (κ3) is 11.0. The van der Waals surface area contributed by atoms with Gasteiger partial charge in [-0.15, -0.1) is 0 Å². The van der Waals surface area contributed by atoms with Gasteiger partial charge in [-0.3, -0.25) is 4.79 Å². The number of alkyl carbamates (subject to hydrolysis) is 1. The average Bonchev–Trinajstić information content (AvgIpc) is 3.15. The molecule has 0 unspecified atom stereocenters. The lowest BCUT2D eigenvalue weighted by molar-refractivity contribution is -0.355. The van der Waals surface area contributed by atoms with Crippen molar-refractivity contribution < 1.29 is 57.0 Å². The first kappa shape index (κ1) is 40.1. The Morgan fingerprint density at radius 3 is 1.81 bits per heavy atom. The lowest BCUT2D eigenvalue weighted by Crippen LogP contribution is -2.65. The molecule has 0 aromatic heterocycles. The van der Waals surface area contributed by atoms with Gasteiger partial charge in [-0.2, -0.15) is 0 Å². The highest BCUT2D eigenvalue weighted by molar-refractivity contribution is 5.67. The van der Waals surface area contributed by atoms with Crippen LogP contribution in [0.1, 0.15) is 37.5 Å².